The number of hydrogen-bond donors (Lipinski definition) is 3. The molecule has 7 nitrogen and oxygen atoms in total. The Bertz CT molecular complexity index is 1220. The summed E-state index contributed by atoms with van der Waals surface area (Å²) in [6.07, 6.45) is 0.559. The molecule has 0 fully saturated rings. The molecule has 0 saturated carbocycles. The van der Waals surface area contributed by atoms with Crippen molar-refractivity contribution in [3.8, 4) is 0 Å². The summed E-state index contributed by atoms with van der Waals surface area (Å²) in [6.45, 7) is 0.355. The van der Waals surface area contributed by atoms with Crippen LogP contribution < -0.4 is 15.8 Å². The van der Waals surface area contributed by atoms with Crippen molar-refractivity contribution in [1.82, 2.24) is 10.6 Å². The van der Waals surface area contributed by atoms with Gasteiger partial charge in [-0.3, -0.25) is 9.59 Å². The normalized spacial score (nSPS) is 12.1. The van der Waals surface area contributed by atoms with Crippen LogP contribution in [0.4, 0.5) is 0 Å². The minimum Gasteiger partial charge on any atom is -0.356 e. The number of carbonyl (C=O) groups is 2. The lowest BCUT2D eigenvalue weighted by Gasteiger charge is -2.19. The predicted molar refractivity (Wildman–Crippen MR) is 127 cm³/mol. The minimum atomic E-state index is -3.74. The fourth-order valence-electron chi connectivity index (χ4n) is 3.27. The van der Waals surface area contributed by atoms with Crippen LogP contribution in [-0.2, 0) is 21.2 Å². The number of benzene rings is 3. The molecule has 2 amide bonds. The summed E-state index contributed by atoms with van der Waals surface area (Å²) in [4.78, 5) is 25.4. The summed E-state index contributed by atoms with van der Waals surface area (Å²) >= 11 is 6.14. The van der Waals surface area contributed by atoms with E-state index in [9.17, 15) is 18.0 Å². The highest BCUT2D eigenvalue weighted by molar-refractivity contribution is 7.89. The van der Waals surface area contributed by atoms with Gasteiger partial charge in [-0.25, -0.2) is 13.6 Å². The third-order valence-corrected chi connectivity index (χ3v) is 6.26. The number of nitrogens with two attached hydrogens (primary N) is 1. The van der Waals surface area contributed by atoms with Crippen LogP contribution in [0.2, 0.25) is 5.02 Å². The summed E-state index contributed by atoms with van der Waals surface area (Å²) in [5, 5.41) is 11.2. The van der Waals surface area contributed by atoms with Gasteiger partial charge in [0.05, 0.1) is 27.9 Å². The number of carbonyl (C=O) groups excluding carboxylic acids is 2. The van der Waals surface area contributed by atoms with Gasteiger partial charge in [0.25, 0.3) is 5.91 Å². The molecule has 0 radical (unpaired) electrons. The van der Waals surface area contributed by atoms with Crippen LogP contribution in [0.5, 0.6) is 0 Å². The van der Waals surface area contributed by atoms with Crippen LogP contribution in [-0.4, -0.2) is 26.8 Å². The first-order chi connectivity index (χ1) is 15.7. The molecule has 0 unspecified atom stereocenters. The van der Waals surface area contributed by atoms with E-state index in [-0.39, 0.29) is 23.1 Å². The first-order valence-electron chi connectivity index (χ1n) is 10.2. The molecule has 0 aliphatic carbocycles. The fourth-order valence-corrected chi connectivity index (χ4v) is 4.01. The summed E-state index contributed by atoms with van der Waals surface area (Å²) in [7, 11) is -3.74. The van der Waals surface area contributed by atoms with Gasteiger partial charge < -0.3 is 10.6 Å². The highest BCUT2D eigenvalue weighted by Crippen LogP contribution is 2.20. The number of nitrogens with one attached hydrogen (secondary N) is 2. The molecule has 0 aliphatic rings. The maximum atomic E-state index is 12.7. The van der Waals surface area contributed by atoms with E-state index < -0.39 is 16.1 Å². The van der Waals surface area contributed by atoms with E-state index in [1.54, 1.807) is 36.4 Å². The second kappa shape index (κ2) is 11.1. The zero-order valence-corrected chi connectivity index (χ0v) is 19.3. The summed E-state index contributed by atoms with van der Waals surface area (Å²) < 4.78 is 22.7. The fraction of sp³-hybridized carbons (Fsp3) is 0.167. The van der Waals surface area contributed by atoms with Crippen molar-refractivity contribution >= 4 is 33.4 Å². The van der Waals surface area contributed by atoms with Crippen LogP contribution >= 0.6 is 11.6 Å². The van der Waals surface area contributed by atoms with E-state index in [4.69, 9.17) is 16.7 Å². The molecular formula is C24H24ClN3O4S. The number of primary sulfonamides is 1. The van der Waals surface area contributed by atoms with E-state index in [0.717, 1.165) is 11.1 Å². The Labute approximate surface area is 198 Å². The first-order valence-corrected chi connectivity index (χ1v) is 12.2. The third-order valence-electron chi connectivity index (χ3n) is 5.00. The molecule has 1 atom stereocenters. The molecule has 9 heteroatoms. The summed E-state index contributed by atoms with van der Waals surface area (Å²) in [5.41, 5.74) is 1.99. The zero-order chi connectivity index (χ0) is 23.8. The van der Waals surface area contributed by atoms with Crippen molar-refractivity contribution in [1.29, 1.82) is 0 Å². The van der Waals surface area contributed by atoms with Crippen LogP contribution in [0, 0.1) is 0 Å². The lowest BCUT2D eigenvalue weighted by molar-refractivity contribution is -0.121. The van der Waals surface area contributed by atoms with Gasteiger partial charge in [-0.15, -0.1) is 0 Å². The lowest BCUT2D eigenvalue weighted by Crippen LogP contribution is -2.34. The molecule has 3 aromatic carbocycles. The molecule has 3 aromatic rings. The lowest BCUT2D eigenvalue weighted by atomic mass is 10.0. The highest BCUT2D eigenvalue weighted by Gasteiger charge is 2.20. The van der Waals surface area contributed by atoms with E-state index in [1.807, 2.05) is 30.3 Å². The van der Waals surface area contributed by atoms with Crippen molar-refractivity contribution in [3.63, 3.8) is 0 Å². The summed E-state index contributed by atoms with van der Waals surface area (Å²) in [6, 6.07) is 21.6. The third kappa shape index (κ3) is 7.15. The van der Waals surface area contributed by atoms with Crippen LogP contribution in [0.25, 0.3) is 0 Å². The molecule has 33 heavy (non-hydrogen) atoms. The Hall–Kier alpha value is -3.20. The SMILES string of the molecule is NS(=O)(=O)c1ccc(CCNC(=O)C[C@H](NC(=O)c2ccccc2Cl)c2ccccc2)cc1. The van der Waals surface area contributed by atoms with Crippen LogP contribution in [0.3, 0.4) is 0 Å². The number of rotatable bonds is 9. The van der Waals surface area contributed by atoms with Crippen molar-refractivity contribution in [2.75, 3.05) is 6.54 Å². The maximum absolute atomic E-state index is 12.7. The standard InChI is InChI=1S/C24H24ClN3O4S/c25-21-9-5-4-8-20(21)24(30)28-22(18-6-2-1-3-7-18)16-23(29)27-15-14-17-10-12-19(13-11-17)33(26,31)32/h1-13,22H,14-16H2,(H,27,29)(H,28,30)(H2,26,31,32)/t22-/m0/s1. The Kier molecular flexibility index (Phi) is 8.21. The van der Waals surface area contributed by atoms with Gasteiger partial charge in [0.1, 0.15) is 0 Å². The molecule has 4 N–H and O–H groups in total. The number of hydrogen-bond acceptors (Lipinski definition) is 4. The second-order valence-electron chi connectivity index (χ2n) is 7.41. The molecule has 0 spiro atoms. The van der Waals surface area contributed by atoms with Gasteiger partial charge in [0.15, 0.2) is 0 Å². The van der Waals surface area contributed by atoms with Crippen molar-refractivity contribution in [2.24, 2.45) is 5.14 Å². The van der Waals surface area contributed by atoms with Gasteiger partial charge >= 0.3 is 0 Å². The molecule has 0 aliphatic heterocycles. The van der Waals surface area contributed by atoms with Crippen LogP contribution in [0.1, 0.15) is 33.9 Å². The Morgan fingerprint density at radius 2 is 1.55 bits per heavy atom. The molecule has 0 saturated heterocycles. The van der Waals surface area contributed by atoms with E-state index >= 15 is 0 Å². The average Bonchev–Trinajstić information content (AvgIpc) is 2.79. The van der Waals surface area contributed by atoms with Gasteiger partial charge in [-0.1, -0.05) is 66.2 Å². The second-order valence-corrected chi connectivity index (χ2v) is 9.38. The topological polar surface area (TPSA) is 118 Å². The maximum Gasteiger partial charge on any atom is 0.253 e. The Balaban J connectivity index is 1.61. The molecule has 0 aromatic heterocycles. The van der Waals surface area contributed by atoms with Crippen molar-refractivity contribution in [3.05, 3.63) is 101 Å². The van der Waals surface area contributed by atoms with Crippen molar-refractivity contribution in [2.45, 2.75) is 23.8 Å². The van der Waals surface area contributed by atoms with Crippen molar-refractivity contribution < 1.29 is 18.0 Å². The van der Waals surface area contributed by atoms with E-state index in [1.165, 1.54) is 12.1 Å². The van der Waals surface area contributed by atoms with Crippen LogP contribution in [0.15, 0.2) is 83.8 Å². The Morgan fingerprint density at radius 1 is 0.909 bits per heavy atom. The number of halogens is 1. The molecule has 3 rings (SSSR count). The summed E-state index contributed by atoms with van der Waals surface area (Å²) in [5.74, 6) is -0.596. The van der Waals surface area contributed by atoms with Gasteiger partial charge in [-0.05, 0) is 41.8 Å². The quantitative estimate of drug-likeness (QED) is 0.431. The van der Waals surface area contributed by atoms with E-state index in [0.29, 0.717) is 23.6 Å². The largest absolute Gasteiger partial charge is 0.356 e. The predicted octanol–water partition coefficient (Wildman–Crippen LogP) is 3.21. The van der Waals surface area contributed by atoms with E-state index in [2.05, 4.69) is 10.6 Å². The molecule has 172 valence electrons. The molecule has 0 heterocycles. The highest BCUT2D eigenvalue weighted by atomic mass is 35.5. The minimum absolute atomic E-state index is 0.0373. The van der Waals surface area contributed by atoms with Gasteiger partial charge in [-0.2, -0.15) is 0 Å². The zero-order valence-electron chi connectivity index (χ0n) is 17.7. The smallest absolute Gasteiger partial charge is 0.253 e. The number of sulfonamides is 1. The molecule has 0 bridgehead atoms. The monoisotopic (exact) mass is 485 g/mol. The first kappa shape index (κ1) is 24.4. The Morgan fingerprint density at radius 3 is 2.18 bits per heavy atom. The van der Waals surface area contributed by atoms with Gasteiger partial charge in [0, 0.05) is 6.54 Å². The number of amides is 2. The van der Waals surface area contributed by atoms with Gasteiger partial charge in [0.2, 0.25) is 15.9 Å². The molecular weight excluding hydrogens is 462 g/mol. The average molecular weight is 486 g/mol.